The first-order chi connectivity index (χ1) is 7.66. The summed E-state index contributed by atoms with van der Waals surface area (Å²) in [6.07, 6.45) is 0.517. The molecule has 16 heavy (non-hydrogen) atoms. The average molecular weight is 303 g/mol. The molecule has 0 saturated carbocycles. The summed E-state index contributed by atoms with van der Waals surface area (Å²) in [6, 6.07) is 5.69. The van der Waals surface area contributed by atoms with Crippen LogP contribution in [0, 0.1) is 11.6 Å². The van der Waals surface area contributed by atoms with Crippen LogP contribution in [0.1, 0.15) is 16.0 Å². The molecule has 0 bridgehead atoms. The van der Waals surface area contributed by atoms with Crippen molar-refractivity contribution in [3.63, 3.8) is 0 Å². The molecule has 1 aromatic heterocycles. The molecule has 0 aliphatic carbocycles. The maximum absolute atomic E-state index is 13.4. The number of benzene rings is 1. The summed E-state index contributed by atoms with van der Waals surface area (Å²) in [4.78, 5) is 0.0683. The highest BCUT2D eigenvalue weighted by Gasteiger charge is 2.12. The minimum Gasteiger partial charge on any atom is -0.207 e. The molecular formula is C12H9BrF2S. The van der Waals surface area contributed by atoms with E-state index in [1.807, 2.05) is 16.8 Å². The third-order valence-corrected chi connectivity index (χ3v) is 3.87. The van der Waals surface area contributed by atoms with E-state index in [0.717, 1.165) is 11.6 Å². The lowest BCUT2D eigenvalue weighted by Gasteiger charge is -2.08. The average Bonchev–Trinajstić information content (AvgIpc) is 2.75. The zero-order valence-corrected chi connectivity index (χ0v) is 10.7. The number of hydrogen-bond acceptors (Lipinski definition) is 1. The van der Waals surface area contributed by atoms with Crippen LogP contribution in [-0.4, -0.2) is 0 Å². The molecule has 0 amide bonds. The fourth-order valence-electron chi connectivity index (χ4n) is 1.45. The maximum Gasteiger partial charge on any atom is 0.129 e. The highest BCUT2D eigenvalue weighted by molar-refractivity contribution is 9.09. The Kier molecular flexibility index (Phi) is 3.71. The molecule has 0 N–H and O–H groups in total. The van der Waals surface area contributed by atoms with Crippen molar-refractivity contribution < 1.29 is 8.78 Å². The monoisotopic (exact) mass is 302 g/mol. The number of thiophene rings is 1. The Hall–Kier alpha value is -0.740. The van der Waals surface area contributed by atoms with Crippen LogP contribution in [-0.2, 0) is 6.42 Å². The standard InChI is InChI=1S/C12H9BrF2S/c13-11(9-3-4-16-7-9)5-8-1-2-10(14)6-12(8)15/h1-4,6-7,11H,5H2. The van der Waals surface area contributed by atoms with Gasteiger partial charge in [0.25, 0.3) is 0 Å². The summed E-state index contributed by atoms with van der Waals surface area (Å²) in [7, 11) is 0. The lowest BCUT2D eigenvalue weighted by atomic mass is 10.1. The van der Waals surface area contributed by atoms with Crippen molar-refractivity contribution in [3.8, 4) is 0 Å². The van der Waals surface area contributed by atoms with E-state index in [9.17, 15) is 8.78 Å². The third-order valence-electron chi connectivity index (χ3n) is 2.32. The van der Waals surface area contributed by atoms with Gasteiger partial charge in [-0.3, -0.25) is 0 Å². The second-order valence-electron chi connectivity index (χ2n) is 3.46. The van der Waals surface area contributed by atoms with Crippen LogP contribution in [0.15, 0.2) is 35.0 Å². The van der Waals surface area contributed by atoms with E-state index in [1.54, 1.807) is 11.3 Å². The summed E-state index contributed by atoms with van der Waals surface area (Å²) in [5.74, 6) is -1.03. The van der Waals surface area contributed by atoms with Crippen molar-refractivity contribution in [1.29, 1.82) is 0 Å². The largest absolute Gasteiger partial charge is 0.207 e. The fourth-order valence-corrected chi connectivity index (χ4v) is 2.97. The van der Waals surface area contributed by atoms with Crippen LogP contribution in [0.5, 0.6) is 0 Å². The van der Waals surface area contributed by atoms with Gasteiger partial charge in [0.1, 0.15) is 11.6 Å². The van der Waals surface area contributed by atoms with Gasteiger partial charge in [-0.25, -0.2) is 8.78 Å². The molecule has 0 saturated heterocycles. The molecule has 0 aliphatic heterocycles. The van der Waals surface area contributed by atoms with E-state index in [4.69, 9.17) is 0 Å². The van der Waals surface area contributed by atoms with E-state index in [0.29, 0.717) is 12.0 Å². The predicted octanol–water partition coefficient (Wildman–Crippen LogP) is 4.71. The van der Waals surface area contributed by atoms with E-state index in [2.05, 4.69) is 15.9 Å². The fraction of sp³-hybridized carbons (Fsp3) is 0.167. The van der Waals surface area contributed by atoms with Gasteiger partial charge >= 0.3 is 0 Å². The molecule has 0 radical (unpaired) electrons. The van der Waals surface area contributed by atoms with Gasteiger partial charge in [0.05, 0.1) is 0 Å². The predicted molar refractivity (Wildman–Crippen MR) is 66.0 cm³/mol. The van der Waals surface area contributed by atoms with Crippen molar-refractivity contribution in [2.75, 3.05) is 0 Å². The lowest BCUT2D eigenvalue weighted by molar-refractivity contribution is 0.571. The van der Waals surface area contributed by atoms with Crippen molar-refractivity contribution >= 4 is 27.3 Å². The normalized spacial score (nSPS) is 12.7. The smallest absolute Gasteiger partial charge is 0.129 e. The summed E-state index contributed by atoms with van der Waals surface area (Å²) in [6.45, 7) is 0. The van der Waals surface area contributed by atoms with Crippen LogP contribution >= 0.6 is 27.3 Å². The second kappa shape index (κ2) is 5.06. The number of hydrogen-bond donors (Lipinski definition) is 0. The summed E-state index contributed by atoms with van der Waals surface area (Å²) in [5, 5.41) is 3.99. The Bertz CT molecular complexity index is 468. The van der Waals surface area contributed by atoms with E-state index in [1.165, 1.54) is 12.1 Å². The van der Waals surface area contributed by atoms with Crippen LogP contribution in [0.4, 0.5) is 8.78 Å². The Morgan fingerprint density at radius 1 is 1.25 bits per heavy atom. The van der Waals surface area contributed by atoms with E-state index < -0.39 is 11.6 Å². The molecule has 2 rings (SSSR count). The molecule has 1 aromatic carbocycles. The number of halogens is 3. The summed E-state index contributed by atoms with van der Waals surface area (Å²) < 4.78 is 26.1. The highest BCUT2D eigenvalue weighted by atomic mass is 79.9. The second-order valence-corrected chi connectivity index (χ2v) is 5.35. The maximum atomic E-state index is 13.4. The molecule has 2 aromatic rings. The molecule has 1 heterocycles. The SMILES string of the molecule is Fc1ccc(CC(Br)c2ccsc2)c(F)c1. The molecule has 1 atom stereocenters. The minimum absolute atomic E-state index is 0.0683. The van der Waals surface area contributed by atoms with E-state index in [-0.39, 0.29) is 4.83 Å². The lowest BCUT2D eigenvalue weighted by Crippen LogP contribution is -1.97. The Labute approximate surface area is 105 Å². The topological polar surface area (TPSA) is 0 Å². The summed E-state index contributed by atoms with van der Waals surface area (Å²) >= 11 is 5.10. The molecule has 0 aliphatic rings. The number of rotatable bonds is 3. The first-order valence-electron chi connectivity index (χ1n) is 4.77. The van der Waals surface area contributed by atoms with Gasteiger partial charge in [0, 0.05) is 10.9 Å². The minimum atomic E-state index is -0.539. The van der Waals surface area contributed by atoms with Crippen molar-refractivity contribution in [2.24, 2.45) is 0 Å². The Balaban J connectivity index is 2.15. The van der Waals surface area contributed by atoms with Gasteiger partial charge in [-0.2, -0.15) is 11.3 Å². The molecule has 0 spiro atoms. The molecule has 4 heteroatoms. The third kappa shape index (κ3) is 2.68. The van der Waals surface area contributed by atoms with Crippen LogP contribution in [0.25, 0.3) is 0 Å². The van der Waals surface area contributed by atoms with Crippen molar-refractivity contribution in [1.82, 2.24) is 0 Å². The molecular weight excluding hydrogens is 294 g/mol. The first kappa shape index (κ1) is 11.7. The Morgan fingerprint density at radius 3 is 2.69 bits per heavy atom. The highest BCUT2D eigenvalue weighted by Crippen LogP contribution is 2.29. The van der Waals surface area contributed by atoms with Gasteiger partial charge in [-0.15, -0.1) is 0 Å². The van der Waals surface area contributed by atoms with Gasteiger partial charge in [-0.05, 0) is 40.4 Å². The van der Waals surface area contributed by atoms with Gasteiger partial charge in [-0.1, -0.05) is 22.0 Å². The zero-order valence-electron chi connectivity index (χ0n) is 8.29. The van der Waals surface area contributed by atoms with Crippen LogP contribution in [0.3, 0.4) is 0 Å². The Morgan fingerprint density at radius 2 is 2.06 bits per heavy atom. The van der Waals surface area contributed by atoms with Crippen molar-refractivity contribution in [3.05, 3.63) is 57.8 Å². The van der Waals surface area contributed by atoms with Crippen LogP contribution < -0.4 is 0 Å². The van der Waals surface area contributed by atoms with Crippen LogP contribution in [0.2, 0.25) is 0 Å². The first-order valence-corrected chi connectivity index (χ1v) is 6.63. The van der Waals surface area contributed by atoms with Crippen molar-refractivity contribution in [2.45, 2.75) is 11.2 Å². The van der Waals surface area contributed by atoms with Gasteiger partial charge in [0.15, 0.2) is 0 Å². The van der Waals surface area contributed by atoms with Gasteiger partial charge in [0.2, 0.25) is 0 Å². The molecule has 0 nitrogen and oxygen atoms in total. The zero-order chi connectivity index (χ0) is 11.5. The molecule has 0 fully saturated rings. The van der Waals surface area contributed by atoms with E-state index >= 15 is 0 Å². The molecule has 1 unspecified atom stereocenters. The quantitative estimate of drug-likeness (QED) is 0.721. The summed E-state index contributed by atoms with van der Waals surface area (Å²) in [5.41, 5.74) is 1.64. The number of alkyl halides is 1. The van der Waals surface area contributed by atoms with Gasteiger partial charge < -0.3 is 0 Å². The molecule has 84 valence electrons.